The van der Waals surface area contributed by atoms with Crippen LogP contribution in [0.4, 0.5) is 0 Å². The minimum atomic E-state index is -0.405. The van der Waals surface area contributed by atoms with Gasteiger partial charge < -0.3 is 14.5 Å². The van der Waals surface area contributed by atoms with Gasteiger partial charge in [-0.25, -0.2) is 0 Å². The van der Waals surface area contributed by atoms with Crippen LogP contribution in [0.25, 0.3) is 6.08 Å². The molecule has 1 aliphatic rings. The van der Waals surface area contributed by atoms with Crippen LogP contribution in [-0.2, 0) is 9.47 Å². The fourth-order valence-corrected chi connectivity index (χ4v) is 3.23. The molecule has 3 rings (SSSR count). The molecule has 0 aromatic carbocycles. The molecular weight excluding hydrogens is 318 g/mol. The minimum Gasteiger partial charge on any atom is -0.382 e. The molecule has 0 amide bonds. The van der Waals surface area contributed by atoms with Crippen LogP contribution in [0.5, 0.6) is 0 Å². The third-order valence-electron chi connectivity index (χ3n) is 4.68. The minimum absolute atomic E-state index is 0.124. The van der Waals surface area contributed by atoms with Crippen molar-refractivity contribution in [2.75, 3.05) is 26.9 Å². The van der Waals surface area contributed by atoms with E-state index in [9.17, 15) is 4.79 Å². The van der Waals surface area contributed by atoms with Gasteiger partial charge in [0.2, 0.25) is 0 Å². The first kappa shape index (κ1) is 17.5. The molecule has 2 atom stereocenters. The molecule has 1 N–H and O–H groups in total. The zero-order valence-electron chi connectivity index (χ0n) is 14.6. The van der Waals surface area contributed by atoms with Crippen LogP contribution in [0.3, 0.4) is 0 Å². The molecule has 0 saturated heterocycles. The summed E-state index contributed by atoms with van der Waals surface area (Å²) in [5.41, 5.74) is 0.487. The van der Waals surface area contributed by atoms with Crippen molar-refractivity contribution in [3.63, 3.8) is 0 Å². The zero-order valence-corrected chi connectivity index (χ0v) is 14.6. The number of H-pyrrole nitrogens is 1. The third-order valence-corrected chi connectivity index (χ3v) is 4.68. The number of hydrogen-bond acceptors (Lipinski definition) is 5. The van der Waals surface area contributed by atoms with Crippen molar-refractivity contribution < 1.29 is 9.47 Å². The second-order valence-electron chi connectivity index (χ2n) is 6.20. The van der Waals surface area contributed by atoms with Crippen LogP contribution in [0, 0.1) is 5.41 Å². The topological polar surface area (TPSA) is 76.6 Å². The summed E-state index contributed by atoms with van der Waals surface area (Å²) in [7, 11) is 1.65. The van der Waals surface area contributed by atoms with Gasteiger partial charge in [0, 0.05) is 31.1 Å². The van der Waals surface area contributed by atoms with E-state index in [1.165, 1.54) is 0 Å². The van der Waals surface area contributed by atoms with E-state index in [1.54, 1.807) is 19.5 Å². The SMILES string of the molecule is CCC1(COCCOC)C=c2c(cc[nH]c2=O)=NC1c1cccnc1. The maximum absolute atomic E-state index is 12.3. The highest BCUT2D eigenvalue weighted by atomic mass is 16.5. The van der Waals surface area contributed by atoms with E-state index in [1.807, 2.05) is 30.5 Å². The Balaban J connectivity index is 2.10. The maximum Gasteiger partial charge on any atom is 0.257 e. The summed E-state index contributed by atoms with van der Waals surface area (Å²) in [6.45, 7) is 3.59. The fraction of sp³-hybridized carbons (Fsp3) is 0.421. The number of nitrogens with zero attached hydrogens (tertiary/aromatic N) is 2. The lowest BCUT2D eigenvalue weighted by atomic mass is 9.74. The number of hydrogen-bond donors (Lipinski definition) is 1. The van der Waals surface area contributed by atoms with Crippen LogP contribution >= 0.6 is 0 Å². The summed E-state index contributed by atoms with van der Waals surface area (Å²) in [5.74, 6) is 0. The summed E-state index contributed by atoms with van der Waals surface area (Å²) in [4.78, 5) is 24.1. The quantitative estimate of drug-likeness (QED) is 0.762. The van der Waals surface area contributed by atoms with Crippen molar-refractivity contribution >= 4 is 6.08 Å². The highest BCUT2D eigenvalue weighted by molar-refractivity contribution is 5.40. The van der Waals surface area contributed by atoms with Crippen LogP contribution < -0.4 is 16.1 Å². The average Bonchev–Trinajstić information content (AvgIpc) is 2.66. The number of ether oxygens (including phenoxy) is 2. The van der Waals surface area contributed by atoms with Crippen molar-refractivity contribution in [1.82, 2.24) is 9.97 Å². The molecule has 2 aromatic rings. The molecule has 25 heavy (non-hydrogen) atoms. The number of nitrogens with one attached hydrogen (secondary N) is 1. The van der Waals surface area contributed by atoms with Gasteiger partial charge >= 0.3 is 0 Å². The Labute approximate surface area is 146 Å². The van der Waals surface area contributed by atoms with Crippen LogP contribution in [0.2, 0.25) is 0 Å². The lowest BCUT2D eigenvalue weighted by molar-refractivity contribution is 0.0260. The number of rotatable bonds is 7. The number of pyridine rings is 2. The third kappa shape index (κ3) is 3.55. The van der Waals surface area contributed by atoms with E-state index in [4.69, 9.17) is 14.5 Å². The molecule has 6 heteroatoms. The summed E-state index contributed by atoms with van der Waals surface area (Å²) >= 11 is 0. The highest BCUT2D eigenvalue weighted by Gasteiger charge is 2.38. The Morgan fingerprint density at radius 3 is 2.92 bits per heavy atom. The fourth-order valence-electron chi connectivity index (χ4n) is 3.23. The lowest BCUT2D eigenvalue weighted by Gasteiger charge is -2.37. The van der Waals surface area contributed by atoms with Gasteiger partial charge in [-0.2, -0.15) is 0 Å². The predicted octanol–water partition coefficient (Wildman–Crippen LogP) is 0.984. The zero-order chi connectivity index (χ0) is 17.7. The molecule has 132 valence electrons. The van der Waals surface area contributed by atoms with Gasteiger partial charge in [0.05, 0.1) is 36.4 Å². The Morgan fingerprint density at radius 1 is 1.32 bits per heavy atom. The molecule has 0 saturated carbocycles. The maximum atomic E-state index is 12.3. The Hall–Kier alpha value is -2.31. The molecule has 0 fully saturated rings. The van der Waals surface area contributed by atoms with Gasteiger partial charge in [-0.1, -0.05) is 19.1 Å². The highest BCUT2D eigenvalue weighted by Crippen LogP contribution is 2.42. The van der Waals surface area contributed by atoms with E-state index < -0.39 is 5.41 Å². The molecule has 3 heterocycles. The van der Waals surface area contributed by atoms with Crippen LogP contribution in [0.15, 0.2) is 46.6 Å². The molecule has 0 aliphatic carbocycles. The van der Waals surface area contributed by atoms with E-state index in [-0.39, 0.29) is 11.6 Å². The van der Waals surface area contributed by atoms with Crippen molar-refractivity contribution in [1.29, 1.82) is 0 Å². The smallest absolute Gasteiger partial charge is 0.257 e. The van der Waals surface area contributed by atoms with E-state index in [0.717, 1.165) is 12.0 Å². The molecule has 0 spiro atoms. The predicted molar refractivity (Wildman–Crippen MR) is 94.7 cm³/mol. The number of fused-ring (bicyclic) bond motifs is 1. The second kappa shape index (κ2) is 7.72. The number of aromatic nitrogens is 2. The summed E-state index contributed by atoms with van der Waals surface area (Å²) in [5, 5.41) is 1.32. The van der Waals surface area contributed by atoms with Gasteiger partial charge in [-0.05, 0) is 24.1 Å². The Kier molecular flexibility index (Phi) is 5.40. The van der Waals surface area contributed by atoms with E-state index in [0.29, 0.717) is 30.4 Å². The molecule has 6 nitrogen and oxygen atoms in total. The first-order valence-corrected chi connectivity index (χ1v) is 8.45. The molecule has 2 unspecified atom stereocenters. The summed E-state index contributed by atoms with van der Waals surface area (Å²) in [6, 6.07) is 5.61. The van der Waals surface area contributed by atoms with Crippen molar-refractivity contribution in [3.8, 4) is 0 Å². The van der Waals surface area contributed by atoms with Gasteiger partial charge in [0.15, 0.2) is 0 Å². The molecule has 2 aromatic heterocycles. The Morgan fingerprint density at radius 2 is 2.20 bits per heavy atom. The number of methoxy groups -OCH3 is 1. The average molecular weight is 341 g/mol. The van der Waals surface area contributed by atoms with Crippen molar-refractivity contribution in [2.45, 2.75) is 19.4 Å². The van der Waals surface area contributed by atoms with E-state index >= 15 is 0 Å². The van der Waals surface area contributed by atoms with Crippen LogP contribution in [-0.4, -0.2) is 36.9 Å². The summed E-state index contributed by atoms with van der Waals surface area (Å²) < 4.78 is 10.9. The standard InChI is InChI=1S/C19H23N3O3/c1-3-19(13-25-10-9-24-2)11-15-16(6-8-21-18(15)23)22-17(19)14-5-4-7-20-12-14/h4-8,11-12,17H,3,9-10,13H2,1-2H3,(H,21,23). The van der Waals surface area contributed by atoms with E-state index in [2.05, 4.69) is 16.9 Å². The lowest BCUT2D eigenvalue weighted by Crippen LogP contribution is -2.48. The van der Waals surface area contributed by atoms with Crippen molar-refractivity contribution in [3.05, 3.63) is 63.3 Å². The second-order valence-corrected chi connectivity index (χ2v) is 6.20. The first-order valence-electron chi connectivity index (χ1n) is 8.45. The van der Waals surface area contributed by atoms with Gasteiger partial charge in [-0.3, -0.25) is 14.8 Å². The molecular formula is C19H23N3O3. The van der Waals surface area contributed by atoms with Gasteiger partial charge in [-0.15, -0.1) is 0 Å². The molecule has 0 bridgehead atoms. The van der Waals surface area contributed by atoms with Crippen LogP contribution in [0.1, 0.15) is 24.9 Å². The molecule has 1 aliphatic heterocycles. The molecule has 0 radical (unpaired) electrons. The van der Waals surface area contributed by atoms with Gasteiger partial charge in [0.1, 0.15) is 0 Å². The largest absolute Gasteiger partial charge is 0.382 e. The van der Waals surface area contributed by atoms with Crippen molar-refractivity contribution in [2.24, 2.45) is 10.4 Å². The summed E-state index contributed by atoms with van der Waals surface area (Å²) in [6.07, 6.45) is 8.03. The monoisotopic (exact) mass is 341 g/mol. The normalized spacial score (nSPS) is 21.9. The van der Waals surface area contributed by atoms with Gasteiger partial charge in [0.25, 0.3) is 5.56 Å². The Bertz CT molecular complexity index is 879. The first-order chi connectivity index (χ1) is 12.2. The number of aromatic amines is 1.